The van der Waals surface area contributed by atoms with Crippen molar-refractivity contribution in [2.24, 2.45) is 5.92 Å². The highest BCUT2D eigenvalue weighted by atomic mass is 16.4. The Bertz CT molecular complexity index is 867. The molecule has 2 saturated heterocycles. The first kappa shape index (κ1) is 19.5. The number of imide groups is 1. The third kappa shape index (κ3) is 3.28. The number of nitrogens with zero attached hydrogens (tertiary/aromatic N) is 6. The average Bonchev–Trinajstić information content (AvgIpc) is 3.43. The maximum Gasteiger partial charge on any atom is 0.328 e. The van der Waals surface area contributed by atoms with Gasteiger partial charge in [0.05, 0.1) is 24.8 Å². The first-order valence-electron chi connectivity index (χ1n) is 10.2. The third-order valence-electron chi connectivity index (χ3n) is 5.91. The van der Waals surface area contributed by atoms with Gasteiger partial charge in [0.2, 0.25) is 0 Å². The Hall–Kier alpha value is -2.84. The van der Waals surface area contributed by atoms with Gasteiger partial charge < -0.3 is 18.8 Å². The van der Waals surface area contributed by atoms with E-state index in [1.165, 1.54) is 4.90 Å². The van der Waals surface area contributed by atoms with Crippen LogP contribution < -0.4 is 4.90 Å². The molecule has 0 N–H and O–H groups in total. The van der Waals surface area contributed by atoms with E-state index >= 15 is 0 Å². The van der Waals surface area contributed by atoms with Crippen molar-refractivity contribution in [2.45, 2.75) is 52.2 Å². The summed E-state index contributed by atoms with van der Waals surface area (Å²) in [6.07, 6.45) is 7.76. The lowest BCUT2D eigenvalue weighted by Gasteiger charge is -2.42. The van der Waals surface area contributed by atoms with Crippen LogP contribution in [0.3, 0.4) is 0 Å². The first-order chi connectivity index (χ1) is 14.0. The summed E-state index contributed by atoms with van der Waals surface area (Å²) in [4.78, 5) is 40.5. The van der Waals surface area contributed by atoms with Crippen molar-refractivity contribution in [2.75, 3.05) is 24.5 Å². The van der Waals surface area contributed by atoms with Gasteiger partial charge in [-0.05, 0) is 25.7 Å². The summed E-state index contributed by atoms with van der Waals surface area (Å²) in [5.41, 5.74) is 0.0783. The highest BCUT2D eigenvalue weighted by molar-refractivity contribution is 6.07. The van der Waals surface area contributed by atoms with Crippen LogP contribution in [0.5, 0.6) is 0 Å². The number of piperidine rings is 1. The monoisotopic (exact) mass is 400 g/mol. The maximum atomic E-state index is 13.6. The highest BCUT2D eigenvalue weighted by Crippen LogP contribution is 2.39. The van der Waals surface area contributed by atoms with Crippen LogP contribution in [0.2, 0.25) is 0 Å². The number of hydrogen-bond donors (Lipinski definition) is 0. The predicted molar refractivity (Wildman–Crippen MR) is 106 cm³/mol. The summed E-state index contributed by atoms with van der Waals surface area (Å²) in [5.74, 6) is 0.175. The van der Waals surface area contributed by atoms with Gasteiger partial charge in [0.25, 0.3) is 11.9 Å². The molecule has 4 heterocycles. The fraction of sp³-hybridized carbons (Fsp3) is 0.600. The number of aryl methyl sites for hydroxylation is 1. The van der Waals surface area contributed by atoms with E-state index in [0.29, 0.717) is 38.5 Å². The fourth-order valence-corrected chi connectivity index (χ4v) is 4.39. The number of imidazole rings is 1. The molecule has 9 heteroatoms. The Morgan fingerprint density at radius 1 is 1.24 bits per heavy atom. The molecule has 156 valence electrons. The van der Waals surface area contributed by atoms with Crippen molar-refractivity contribution in [1.29, 1.82) is 0 Å². The summed E-state index contributed by atoms with van der Waals surface area (Å²) < 4.78 is 7.37. The smallest absolute Gasteiger partial charge is 0.328 e. The summed E-state index contributed by atoms with van der Waals surface area (Å²) >= 11 is 0. The first-order valence-corrected chi connectivity index (χ1v) is 10.2. The van der Waals surface area contributed by atoms with Gasteiger partial charge in [0.15, 0.2) is 0 Å². The van der Waals surface area contributed by atoms with E-state index in [2.05, 4.69) is 23.8 Å². The Labute approximate surface area is 170 Å². The standard InChI is InChI=1S/C20H28N6O3/c1-4-23-14-21-11-16(23)13-25-17(27)20(26(19(25)28)12-15(2)3)5-8-24(9-6-20)18-22-7-10-29-18/h7,10-11,14-15H,4-6,8-9,12-13H2,1-3H3. The molecule has 2 fully saturated rings. The van der Waals surface area contributed by atoms with Gasteiger partial charge >= 0.3 is 6.03 Å². The zero-order chi connectivity index (χ0) is 20.6. The highest BCUT2D eigenvalue weighted by Gasteiger charge is 2.58. The van der Waals surface area contributed by atoms with E-state index in [0.717, 1.165) is 12.2 Å². The maximum absolute atomic E-state index is 13.6. The number of aromatic nitrogens is 3. The minimum absolute atomic E-state index is 0.0981. The van der Waals surface area contributed by atoms with E-state index in [1.54, 1.807) is 29.9 Å². The molecular weight excluding hydrogens is 372 g/mol. The Kier molecular flexibility index (Phi) is 5.06. The number of oxazole rings is 1. The normalized spacial score (nSPS) is 19.2. The molecule has 2 aromatic heterocycles. The van der Waals surface area contributed by atoms with Crippen LogP contribution in [-0.4, -0.2) is 61.4 Å². The van der Waals surface area contributed by atoms with Crippen LogP contribution in [0.4, 0.5) is 10.8 Å². The molecule has 29 heavy (non-hydrogen) atoms. The van der Waals surface area contributed by atoms with Crippen molar-refractivity contribution < 1.29 is 14.0 Å². The Morgan fingerprint density at radius 3 is 2.62 bits per heavy atom. The van der Waals surface area contributed by atoms with Crippen LogP contribution in [0.1, 0.15) is 39.3 Å². The SMILES string of the molecule is CCn1cncc1CN1C(=O)N(CC(C)C)C2(CCN(c3ncco3)CC2)C1=O. The second kappa shape index (κ2) is 7.53. The van der Waals surface area contributed by atoms with Gasteiger partial charge in [-0.1, -0.05) is 13.8 Å². The molecule has 0 aromatic carbocycles. The molecule has 4 rings (SSSR count). The molecule has 0 aliphatic carbocycles. The molecule has 0 atom stereocenters. The van der Waals surface area contributed by atoms with Crippen LogP contribution >= 0.6 is 0 Å². The van der Waals surface area contributed by atoms with E-state index in [4.69, 9.17) is 4.42 Å². The molecule has 0 saturated carbocycles. The topological polar surface area (TPSA) is 87.7 Å². The van der Waals surface area contributed by atoms with Gasteiger partial charge in [-0.25, -0.2) is 14.8 Å². The van der Waals surface area contributed by atoms with Crippen LogP contribution in [0.25, 0.3) is 0 Å². The summed E-state index contributed by atoms with van der Waals surface area (Å²) in [7, 11) is 0. The molecule has 1 spiro atoms. The number of carbonyl (C=O) groups excluding carboxylic acids is 2. The van der Waals surface area contributed by atoms with Gasteiger partial charge in [0.1, 0.15) is 11.8 Å². The van der Waals surface area contributed by atoms with Crippen molar-refractivity contribution in [3.05, 3.63) is 30.7 Å². The van der Waals surface area contributed by atoms with Crippen molar-refractivity contribution >= 4 is 18.0 Å². The summed E-state index contributed by atoms with van der Waals surface area (Å²) in [6.45, 7) is 8.97. The average molecular weight is 400 g/mol. The molecule has 0 bridgehead atoms. The summed E-state index contributed by atoms with van der Waals surface area (Å²) in [5, 5.41) is 0. The number of urea groups is 1. The van der Waals surface area contributed by atoms with E-state index in [1.807, 2.05) is 16.4 Å². The van der Waals surface area contributed by atoms with Gasteiger partial charge in [-0.15, -0.1) is 0 Å². The molecular formula is C20H28N6O3. The second-order valence-corrected chi connectivity index (χ2v) is 8.18. The molecule has 0 unspecified atom stereocenters. The number of hydrogen-bond acceptors (Lipinski definition) is 6. The van der Waals surface area contributed by atoms with Crippen LogP contribution in [-0.2, 0) is 17.9 Å². The lowest BCUT2D eigenvalue weighted by atomic mass is 9.85. The molecule has 2 aliphatic rings. The minimum atomic E-state index is -0.790. The minimum Gasteiger partial charge on any atom is -0.432 e. The fourth-order valence-electron chi connectivity index (χ4n) is 4.39. The van der Waals surface area contributed by atoms with Gasteiger partial charge in [-0.2, -0.15) is 0 Å². The Balaban J connectivity index is 1.59. The second-order valence-electron chi connectivity index (χ2n) is 8.18. The zero-order valence-corrected chi connectivity index (χ0v) is 17.2. The Morgan fingerprint density at radius 2 is 2.00 bits per heavy atom. The van der Waals surface area contributed by atoms with Gasteiger partial charge in [0, 0.05) is 32.4 Å². The quantitative estimate of drug-likeness (QED) is 0.692. The number of amides is 3. The molecule has 3 amide bonds. The van der Waals surface area contributed by atoms with Gasteiger partial charge in [-0.3, -0.25) is 9.69 Å². The van der Waals surface area contributed by atoms with E-state index in [-0.39, 0.29) is 24.4 Å². The van der Waals surface area contributed by atoms with E-state index < -0.39 is 5.54 Å². The van der Waals surface area contributed by atoms with Crippen molar-refractivity contribution in [3.63, 3.8) is 0 Å². The lowest BCUT2D eigenvalue weighted by molar-refractivity contribution is -0.134. The molecule has 2 aliphatic heterocycles. The van der Waals surface area contributed by atoms with E-state index in [9.17, 15) is 9.59 Å². The zero-order valence-electron chi connectivity index (χ0n) is 17.2. The third-order valence-corrected chi connectivity index (χ3v) is 5.91. The molecule has 2 aromatic rings. The largest absolute Gasteiger partial charge is 0.432 e. The predicted octanol–water partition coefficient (Wildman–Crippen LogP) is 2.35. The number of anilines is 1. The number of carbonyl (C=O) groups is 2. The summed E-state index contributed by atoms with van der Waals surface area (Å²) in [6, 6.07) is 0.368. The molecule has 9 nitrogen and oxygen atoms in total. The number of rotatable bonds is 6. The van der Waals surface area contributed by atoms with Crippen LogP contribution in [0, 0.1) is 5.92 Å². The van der Waals surface area contributed by atoms with Crippen LogP contribution in [0.15, 0.2) is 29.4 Å². The lowest BCUT2D eigenvalue weighted by Crippen LogP contribution is -2.57. The molecule has 0 radical (unpaired) electrons. The van der Waals surface area contributed by atoms with Crippen molar-refractivity contribution in [1.82, 2.24) is 24.3 Å². The van der Waals surface area contributed by atoms with Crippen molar-refractivity contribution in [3.8, 4) is 0 Å².